The number of hydrogen-bond donors (Lipinski definition) is 1. The van der Waals surface area contributed by atoms with Crippen LogP contribution in [0.15, 0.2) is 0 Å². The average molecular weight is 218 g/mol. The molecule has 0 aliphatic heterocycles. The largest absolute Gasteiger partial charge is 0.444 e. The molecule has 5 heteroatoms. The minimum Gasteiger partial charge on any atom is -0.444 e. The summed E-state index contributed by atoms with van der Waals surface area (Å²) in [7, 11) is 1.59. The minimum atomic E-state index is -0.475. The number of nitrogens with two attached hydrogens (primary N) is 1. The highest BCUT2D eigenvalue weighted by atomic mass is 16.6. The molecule has 5 nitrogen and oxygen atoms in total. The van der Waals surface area contributed by atoms with Gasteiger partial charge in [0, 0.05) is 26.7 Å². The Morgan fingerprint density at radius 3 is 2.33 bits per heavy atom. The fourth-order valence-corrected chi connectivity index (χ4v) is 0.978. The predicted molar refractivity (Wildman–Crippen MR) is 58.7 cm³/mol. The fourth-order valence-electron chi connectivity index (χ4n) is 0.978. The van der Waals surface area contributed by atoms with Gasteiger partial charge >= 0.3 is 6.09 Å². The van der Waals surface area contributed by atoms with Gasteiger partial charge in [0.15, 0.2) is 0 Å². The van der Waals surface area contributed by atoms with Crippen molar-refractivity contribution < 1.29 is 14.3 Å². The highest BCUT2D eigenvalue weighted by molar-refractivity contribution is 5.68. The smallest absolute Gasteiger partial charge is 0.410 e. The third-order valence-electron chi connectivity index (χ3n) is 1.62. The van der Waals surface area contributed by atoms with E-state index < -0.39 is 5.60 Å². The first kappa shape index (κ1) is 14.2. The van der Waals surface area contributed by atoms with Crippen molar-refractivity contribution in [3.8, 4) is 0 Å². The van der Waals surface area contributed by atoms with E-state index >= 15 is 0 Å². The van der Waals surface area contributed by atoms with Gasteiger partial charge in [0.05, 0.1) is 6.61 Å². The number of ether oxygens (including phenoxy) is 2. The van der Waals surface area contributed by atoms with Crippen LogP contribution in [-0.2, 0) is 9.47 Å². The maximum Gasteiger partial charge on any atom is 0.410 e. The number of carbonyl (C=O) groups excluding carboxylic acids is 1. The summed E-state index contributed by atoms with van der Waals surface area (Å²) in [6.07, 6.45) is -0.343. The van der Waals surface area contributed by atoms with Crippen molar-refractivity contribution in [3.05, 3.63) is 0 Å². The van der Waals surface area contributed by atoms with Gasteiger partial charge in [0.1, 0.15) is 5.60 Å². The van der Waals surface area contributed by atoms with Crippen LogP contribution in [0, 0.1) is 0 Å². The Kier molecular flexibility index (Phi) is 6.27. The molecule has 0 aliphatic carbocycles. The zero-order valence-electron chi connectivity index (χ0n) is 10.1. The van der Waals surface area contributed by atoms with E-state index in [2.05, 4.69) is 0 Å². The third kappa shape index (κ3) is 7.16. The van der Waals surface area contributed by atoms with Crippen molar-refractivity contribution in [1.82, 2.24) is 4.90 Å². The summed E-state index contributed by atoms with van der Waals surface area (Å²) < 4.78 is 10.1. The fraction of sp³-hybridized carbons (Fsp3) is 0.900. The molecular formula is C10H22N2O3. The maximum atomic E-state index is 11.6. The standard InChI is InChI=1S/C10H22N2O3/c1-10(2,3)15-9(13)12(6-5-11)7-8-14-4/h5-8,11H2,1-4H3. The molecule has 0 saturated heterocycles. The van der Waals surface area contributed by atoms with Gasteiger partial charge in [-0.1, -0.05) is 0 Å². The Morgan fingerprint density at radius 1 is 1.33 bits per heavy atom. The second kappa shape index (κ2) is 6.63. The summed E-state index contributed by atoms with van der Waals surface area (Å²) in [4.78, 5) is 13.2. The van der Waals surface area contributed by atoms with E-state index in [1.807, 2.05) is 20.8 Å². The van der Waals surface area contributed by atoms with E-state index in [-0.39, 0.29) is 6.09 Å². The molecule has 0 fully saturated rings. The molecule has 0 aromatic carbocycles. The van der Waals surface area contributed by atoms with Gasteiger partial charge in [-0.15, -0.1) is 0 Å². The summed E-state index contributed by atoms with van der Waals surface area (Å²) in [5.74, 6) is 0. The Balaban J connectivity index is 4.15. The summed E-state index contributed by atoms with van der Waals surface area (Å²) in [6.45, 7) is 7.40. The summed E-state index contributed by atoms with van der Waals surface area (Å²) in [6, 6.07) is 0. The molecule has 0 radical (unpaired) electrons. The molecule has 0 aliphatic rings. The quantitative estimate of drug-likeness (QED) is 0.742. The molecule has 0 spiro atoms. The third-order valence-corrected chi connectivity index (χ3v) is 1.62. The van der Waals surface area contributed by atoms with Crippen molar-refractivity contribution in [2.75, 3.05) is 33.4 Å². The SMILES string of the molecule is COCCN(CCN)C(=O)OC(C)(C)C. The summed E-state index contributed by atoms with van der Waals surface area (Å²) in [5.41, 5.74) is 4.94. The van der Waals surface area contributed by atoms with Crippen LogP contribution in [0.1, 0.15) is 20.8 Å². The summed E-state index contributed by atoms with van der Waals surface area (Å²) >= 11 is 0. The average Bonchev–Trinajstić information content (AvgIpc) is 2.09. The van der Waals surface area contributed by atoms with Crippen LogP contribution in [0.2, 0.25) is 0 Å². The van der Waals surface area contributed by atoms with Gasteiger partial charge in [-0.05, 0) is 20.8 Å². The number of methoxy groups -OCH3 is 1. The minimum absolute atomic E-state index is 0.343. The number of carbonyl (C=O) groups is 1. The first-order valence-corrected chi connectivity index (χ1v) is 5.07. The molecule has 0 rings (SSSR count). The maximum absolute atomic E-state index is 11.6. The van der Waals surface area contributed by atoms with Crippen LogP contribution >= 0.6 is 0 Å². The first-order chi connectivity index (χ1) is 6.90. The predicted octanol–water partition coefficient (Wildman–Crippen LogP) is 0.829. The molecule has 2 N–H and O–H groups in total. The van der Waals surface area contributed by atoms with Gasteiger partial charge in [-0.2, -0.15) is 0 Å². The van der Waals surface area contributed by atoms with Crippen molar-refractivity contribution in [3.63, 3.8) is 0 Å². The number of nitrogens with zero attached hydrogens (tertiary/aromatic N) is 1. The lowest BCUT2D eigenvalue weighted by molar-refractivity contribution is 0.0208. The summed E-state index contributed by atoms with van der Waals surface area (Å²) in [5, 5.41) is 0. The van der Waals surface area contributed by atoms with Gasteiger partial charge < -0.3 is 20.1 Å². The van der Waals surface area contributed by atoms with Gasteiger partial charge in [-0.3, -0.25) is 0 Å². The van der Waals surface area contributed by atoms with Gasteiger partial charge in [-0.25, -0.2) is 4.79 Å². The number of hydrogen-bond acceptors (Lipinski definition) is 4. The van der Waals surface area contributed by atoms with Crippen molar-refractivity contribution in [2.45, 2.75) is 26.4 Å². The molecule has 0 aromatic rings. The van der Waals surface area contributed by atoms with Crippen LogP contribution in [0.3, 0.4) is 0 Å². The van der Waals surface area contributed by atoms with Crippen LogP contribution < -0.4 is 5.73 Å². The first-order valence-electron chi connectivity index (χ1n) is 5.07. The van der Waals surface area contributed by atoms with E-state index in [4.69, 9.17) is 15.2 Å². The Labute approximate surface area is 91.5 Å². The molecule has 0 aromatic heterocycles. The Hall–Kier alpha value is -0.810. The normalized spacial score (nSPS) is 11.3. The second-order valence-corrected chi connectivity index (χ2v) is 4.25. The lowest BCUT2D eigenvalue weighted by Crippen LogP contribution is -2.41. The van der Waals surface area contributed by atoms with E-state index in [0.717, 1.165) is 0 Å². The zero-order chi connectivity index (χ0) is 11.9. The molecule has 15 heavy (non-hydrogen) atoms. The molecule has 90 valence electrons. The van der Waals surface area contributed by atoms with Gasteiger partial charge in [0.2, 0.25) is 0 Å². The molecule has 0 saturated carbocycles. The molecule has 0 atom stereocenters. The van der Waals surface area contributed by atoms with Crippen LogP contribution in [0.25, 0.3) is 0 Å². The van der Waals surface area contributed by atoms with E-state index in [0.29, 0.717) is 26.2 Å². The van der Waals surface area contributed by atoms with E-state index in [1.54, 1.807) is 12.0 Å². The van der Waals surface area contributed by atoms with Crippen LogP contribution in [0.5, 0.6) is 0 Å². The highest BCUT2D eigenvalue weighted by Gasteiger charge is 2.21. The van der Waals surface area contributed by atoms with Crippen LogP contribution in [-0.4, -0.2) is 49.9 Å². The number of amides is 1. The van der Waals surface area contributed by atoms with E-state index in [1.165, 1.54) is 0 Å². The molecule has 1 amide bonds. The van der Waals surface area contributed by atoms with Crippen molar-refractivity contribution >= 4 is 6.09 Å². The lowest BCUT2D eigenvalue weighted by atomic mass is 10.2. The molecular weight excluding hydrogens is 196 g/mol. The monoisotopic (exact) mass is 218 g/mol. The Bertz CT molecular complexity index is 190. The van der Waals surface area contributed by atoms with Crippen LogP contribution in [0.4, 0.5) is 4.79 Å². The lowest BCUT2D eigenvalue weighted by Gasteiger charge is -2.26. The molecule has 0 bridgehead atoms. The van der Waals surface area contributed by atoms with Crippen molar-refractivity contribution in [2.24, 2.45) is 5.73 Å². The Morgan fingerprint density at radius 2 is 1.93 bits per heavy atom. The topological polar surface area (TPSA) is 64.8 Å². The number of rotatable bonds is 5. The zero-order valence-corrected chi connectivity index (χ0v) is 10.1. The van der Waals surface area contributed by atoms with Gasteiger partial charge in [0.25, 0.3) is 0 Å². The second-order valence-electron chi connectivity index (χ2n) is 4.25. The van der Waals surface area contributed by atoms with E-state index in [9.17, 15) is 4.79 Å². The molecule has 0 heterocycles. The van der Waals surface area contributed by atoms with Crippen molar-refractivity contribution in [1.29, 1.82) is 0 Å². The molecule has 0 unspecified atom stereocenters. The highest BCUT2D eigenvalue weighted by Crippen LogP contribution is 2.09.